The summed E-state index contributed by atoms with van der Waals surface area (Å²) in [5.74, 6) is 2.10. The molecule has 0 saturated heterocycles. The zero-order valence-corrected chi connectivity index (χ0v) is 9.59. The topological polar surface area (TPSA) is 37.8 Å². The fourth-order valence-corrected chi connectivity index (χ4v) is 2.89. The van der Waals surface area contributed by atoms with Gasteiger partial charge in [-0.1, -0.05) is 18.2 Å². The van der Waals surface area contributed by atoms with Crippen molar-refractivity contribution in [2.45, 2.75) is 6.42 Å². The smallest absolute Gasteiger partial charge is 0.305 e. The predicted octanol–water partition coefficient (Wildman–Crippen LogP) is 2.31. The van der Waals surface area contributed by atoms with Gasteiger partial charge in [0, 0.05) is 11.4 Å². The number of nitrogens with zero attached hydrogens (tertiary/aromatic N) is 1. The summed E-state index contributed by atoms with van der Waals surface area (Å²) in [6, 6.07) is 7.82. The number of rotatable bonds is 1. The molecule has 0 unspecified atom stereocenters. The maximum absolute atomic E-state index is 11.9. The van der Waals surface area contributed by atoms with E-state index in [9.17, 15) is 4.79 Å². The summed E-state index contributed by atoms with van der Waals surface area (Å²) in [7, 11) is 0. The molecule has 2 aromatic rings. The van der Waals surface area contributed by atoms with Crippen LogP contribution < -0.4 is 5.69 Å². The fraction of sp³-hybridized carbons (Fsp3) is 0.250. The molecule has 1 N–H and O–H groups in total. The highest BCUT2D eigenvalue weighted by Crippen LogP contribution is 2.22. The lowest BCUT2D eigenvalue weighted by molar-refractivity contribution is 0.977. The second kappa shape index (κ2) is 3.87. The molecule has 0 spiro atoms. The molecule has 4 heteroatoms. The molecule has 82 valence electrons. The maximum atomic E-state index is 11.9. The van der Waals surface area contributed by atoms with Crippen molar-refractivity contribution in [2.75, 3.05) is 11.5 Å². The van der Waals surface area contributed by atoms with E-state index in [4.69, 9.17) is 0 Å². The molecule has 16 heavy (non-hydrogen) atoms. The molecule has 0 saturated carbocycles. The third-order valence-electron chi connectivity index (χ3n) is 2.82. The largest absolute Gasteiger partial charge is 0.330 e. The van der Waals surface area contributed by atoms with E-state index in [-0.39, 0.29) is 5.69 Å². The van der Waals surface area contributed by atoms with Crippen LogP contribution in [0.2, 0.25) is 0 Å². The number of H-pyrrole nitrogens is 1. The molecule has 0 fully saturated rings. The normalized spacial score (nSPS) is 16.4. The van der Waals surface area contributed by atoms with E-state index >= 15 is 0 Å². The standard InChI is InChI=1S/C12H12N2OS/c15-12-13-10-3-1-2-4-11(10)14(12)9-5-7-16-8-6-9/h1-5H,6-8H2,(H,13,15). The Bertz CT molecular complexity index is 609. The van der Waals surface area contributed by atoms with E-state index in [1.807, 2.05) is 36.0 Å². The third-order valence-corrected chi connectivity index (χ3v) is 3.71. The first-order valence-corrected chi connectivity index (χ1v) is 6.48. The van der Waals surface area contributed by atoms with Crippen molar-refractivity contribution in [3.05, 3.63) is 40.8 Å². The second-order valence-electron chi connectivity index (χ2n) is 3.80. The Labute approximate surface area is 97.2 Å². The number of aromatic amines is 1. The average molecular weight is 232 g/mol. The van der Waals surface area contributed by atoms with Crippen molar-refractivity contribution < 1.29 is 0 Å². The molecule has 0 amide bonds. The Balaban J connectivity index is 2.26. The Kier molecular flexibility index (Phi) is 2.36. The van der Waals surface area contributed by atoms with E-state index < -0.39 is 0 Å². The zero-order chi connectivity index (χ0) is 11.0. The number of thioether (sulfide) groups is 1. The van der Waals surface area contributed by atoms with Gasteiger partial charge in [-0.3, -0.25) is 4.57 Å². The van der Waals surface area contributed by atoms with Gasteiger partial charge in [0.15, 0.2) is 0 Å². The number of imidazole rings is 1. The minimum absolute atomic E-state index is 0.0284. The van der Waals surface area contributed by atoms with Crippen molar-refractivity contribution in [2.24, 2.45) is 0 Å². The molecule has 1 aliphatic rings. The van der Waals surface area contributed by atoms with Crippen LogP contribution in [-0.4, -0.2) is 21.1 Å². The minimum Gasteiger partial charge on any atom is -0.305 e. The van der Waals surface area contributed by atoms with Gasteiger partial charge in [0.25, 0.3) is 0 Å². The van der Waals surface area contributed by atoms with Crippen LogP contribution in [0.3, 0.4) is 0 Å². The summed E-state index contributed by atoms with van der Waals surface area (Å²) < 4.78 is 1.80. The summed E-state index contributed by atoms with van der Waals surface area (Å²) >= 11 is 1.91. The lowest BCUT2D eigenvalue weighted by Gasteiger charge is -2.13. The summed E-state index contributed by atoms with van der Waals surface area (Å²) in [4.78, 5) is 14.8. The van der Waals surface area contributed by atoms with Crippen molar-refractivity contribution in [1.82, 2.24) is 9.55 Å². The molecule has 3 nitrogen and oxygen atoms in total. The summed E-state index contributed by atoms with van der Waals surface area (Å²) in [6.07, 6.45) is 3.11. The number of hydrogen-bond acceptors (Lipinski definition) is 2. The summed E-state index contributed by atoms with van der Waals surface area (Å²) in [5.41, 5.74) is 2.98. The van der Waals surface area contributed by atoms with E-state index in [2.05, 4.69) is 11.1 Å². The van der Waals surface area contributed by atoms with Crippen molar-refractivity contribution in [3.8, 4) is 0 Å². The summed E-state index contributed by atoms with van der Waals surface area (Å²) in [5, 5.41) is 0. The molecular formula is C12H12N2OS. The number of hydrogen-bond donors (Lipinski definition) is 1. The van der Waals surface area contributed by atoms with Crippen molar-refractivity contribution in [1.29, 1.82) is 0 Å². The highest BCUT2D eigenvalue weighted by molar-refractivity contribution is 7.99. The first-order valence-electron chi connectivity index (χ1n) is 5.33. The lowest BCUT2D eigenvalue weighted by atomic mass is 10.2. The van der Waals surface area contributed by atoms with Gasteiger partial charge in [0.1, 0.15) is 0 Å². The van der Waals surface area contributed by atoms with Gasteiger partial charge >= 0.3 is 5.69 Å². The van der Waals surface area contributed by atoms with Crippen molar-refractivity contribution >= 4 is 28.5 Å². The van der Waals surface area contributed by atoms with Crippen LogP contribution >= 0.6 is 11.8 Å². The van der Waals surface area contributed by atoms with Gasteiger partial charge in [-0.25, -0.2) is 4.79 Å². The molecule has 0 radical (unpaired) electrons. The first-order chi connectivity index (χ1) is 7.86. The molecule has 1 aliphatic heterocycles. The van der Waals surface area contributed by atoms with Gasteiger partial charge in [-0.15, -0.1) is 0 Å². The second-order valence-corrected chi connectivity index (χ2v) is 4.95. The van der Waals surface area contributed by atoms with Crippen molar-refractivity contribution in [3.63, 3.8) is 0 Å². The molecule has 1 aromatic carbocycles. The number of nitrogens with one attached hydrogen (secondary N) is 1. The fourth-order valence-electron chi connectivity index (χ4n) is 2.06. The van der Waals surface area contributed by atoms with Crippen LogP contribution in [0.1, 0.15) is 6.42 Å². The van der Waals surface area contributed by atoms with Crippen LogP contribution in [0.15, 0.2) is 35.1 Å². The number of allylic oxidation sites excluding steroid dienone is 1. The quantitative estimate of drug-likeness (QED) is 0.819. The Hall–Kier alpha value is -1.42. The molecule has 3 rings (SSSR count). The number of fused-ring (bicyclic) bond motifs is 1. The SMILES string of the molecule is O=c1[nH]c2ccccc2n1C1=CCSCC1. The minimum atomic E-state index is -0.0284. The molecule has 0 atom stereocenters. The molecule has 0 bridgehead atoms. The van der Waals surface area contributed by atoms with Crippen LogP contribution in [0.4, 0.5) is 0 Å². The van der Waals surface area contributed by atoms with Crippen LogP contribution in [0.25, 0.3) is 16.7 Å². The molecular weight excluding hydrogens is 220 g/mol. The maximum Gasteiger partial charge on any atom is 0.330 e. The number of aromatic nitrogens is 2. The number of para-hydroxylation sites is 2. The van der Waals surface area contributed by atoms with E-state index in [1.165, 1.54) is 0 Å². The van der Waals surface area contributed by atoms with E-state index in [0.29, 0.717) is 0 Å². The predicted molar refractivity (Wildman–Crippen MR) is 68.8 cm³/mol. The highest BCUT2D eigenvalue weighted by Gasteiger charge is 2.12. The monoisotopic (exact) mass is 232 g/mol. The zero-order valence-electron chi connectivity index (χ0n) is 8.77. The van der Waals surface area contributed by atoms with Gasteiger partial charge in [-0.2, -0.15) is 11.8 Å². The highest BCUT2D eigenvalue weighted by atomic mass is 32.2. The number of benzene rings is 1. The molecule has 2 heterocycles. The van der Waals surface area contributed by atoms with E-state index in [1.54, 1.807) is 4.57 Å². The molecule has 0 aliphatic carbocycles. The van der Waals surface area contributed by atoms with Crippen LogP contribution in [0.5, 0.6) is 0 Å². The van der Waals surface area contributed by atoms with Gasteiger partial charge in [0.05, 0.1) is 11.0 Å². The lowest BCUT2D eigenvalue weighted by Crippen LogP contribution is -2.17. The molecule has 1 aromatic heterocycles. The average Bonchev–Trinajstić information content (AvgIpc) is 2.66. The third kappa shape index (κ3) is 1.50. The Morgan fingerprint density at radius 3 is 3.00 bits per heavy atom. The Morgan fingerprint density at radius 2 is 2.19 bits per heavy atom. The van der Waals surface area contributed by atoms with Crippen LogP contribution in [0, 0.1) is 0 Å². The van der Waals surface area contributed by atoms with Gasteiger partial charge in [0.2, 0.25) is 0 Å². The first kappa shape index (κ1) is 9.78. The van der Waals surface area contributed by atoms with E-state index in [0.717, 1.165) is 34.7 Å². The van der Waals surface area contributed by atoms with Gasteiger partial charge in [-0.05, 0) is 24.3 Å². The summed E-state index contributed by atoms with van der Waals surface area (Å²) in [6.45, 7) is 0. The van der Waals surface area contributed by atoms with Gasteiger partial charge < -0.3 is 4.98 Å². The Morgan fingerprint density at radius 1 is 1.31 bits per heavy atom. The van der Waals surface area contributed by atoms with Crippen LogP contribution in [-0.2, 0) is 0 Å².